The summed E-state index contributed by atoms with van der Waals surface area (Å²) < 4.78 is 5.90. The number of carbonyl (C=O) groups excluding carboxylic acids is 1. The van der Waals surface area contributed by atoms with Gasteiger partial charge in [-0.25, -0.2) is 0 Å². The molecule has 0 atom stereocenters. The van der Waals surface area contributed by atoms with E-state index in [4.69, 9.17) is 10.00 Å². The first-order valence-corrected chi connectivity index (χ1v) is 5.86. The van der Waals surface area contributed by atoms with Gasteiger partial charge in [-0.05, 0) is 34.1 Å². The Morgan fingerprint density at radius 1 is 1.59 bits per heavy atom. The van der Waals surface area contributed by atoms with Crippen LogP contribution in [0.1, 0.15) is 12.8 Å². The van der Waals surface area contributed by atoms with E-state index in [1.54, 1.807) is 26.3 Å². The number of carbonyl (C=O) groups is 1. The summed E-state index contributed by atoms with van der Waals surface area (Å²) >= 11 is 3.36. The number of amides is 1. The lowest BCUT2D eigenvalue weighted by Crippen LogP contribution is -2.25. The van der Waals surface area contributed by atoms with Crippen molar-refractivity contribution < 1.29 is 9.53 Å². The molecule has 0 heterocycles. The molecule has 90 valence electrons. The van der Waals surface area contributed by atoms with Crippen molar-refractivity contribution in [3.05, 3.63) is 22.7 Å². The zero-order chi connectivity index (χ0) is 12.8. The molecular weight excluding hydrogens is 284 g/mol. The maximum absolute atomic E-state index is 11.7. The van der Waals surface area contributed by atoms with Crippen LogP contribution in [0.2, 0.25) is 0 Å². The standard InChI is InChI=1S/C12H13BrN2O2/c1-15(12(16)4-3-7-14)9-5-6-11(17-2)10(13)8-9/h5-6,8H,3-4H2,1-2H3. The van der Waals surface area contributed by atoms with E-state index in [9.17, 15) is 4.79 Å². The van der Waals surface area contributed by atoms with E-state index in [2.05, 4.69) is 15.9 Å². The van der Waals surface area contributed by atoms with Crippen molar-refractivity contribution in [1.82, 2.24) is 0 Å². The second-order valence-corrected chi connectivity index (χ2v) is 4.28. The fraction of sp³-hybridized carbons (Fsp3) is 0.333. The average Bonchev–Trinajstić information content (AvgIpc) is 2.34. The van der Waals surface area contributed by atoms with Crippen LogP contribution in [-0.4, -0.2) is 20.1 Å². The third-order valence-corrected chi connectivity index (χ3v) is 2.97. The lowest BCUT2D eigenvalue weighted by atomic mass is 10.2. The normalized spacial score (nSPS) is 9.53. The van der Waals surface area contributed by atoms with Crippen LogP contribution in [0, 0.1) is 11.3 Å². The zero-order valence-electron chi connectivity index (χ0n) is 9.74. The van der Waals surface area contributed by atoms with Crippen molar-refractivity contribution in [2.75, 3.05) is 19.1 Å². The Morgan fingerprint density at radius 3 is 2.82 bits per heavy atom. The first-order chi connectivity index (χ1) is 8.10. The van der Waals surface area contributed by atoms with Gasteiger partial charge in [0.25, 0.3) is 0 Å². The molecule has 0 saturated carbocycles. The van der Waals surface area contributed by atoms with Gasteiger partial charge in [-0.15, -0.1) is 0 Å². The molecule has 0 N–H and O–H groups in total. The minimum atomic E-state index is -0.0800. The lowest BCUT2D eigenvalue weighted by molar-refractivity contribution is -0.118. The van der Waals surface area contributed by atoms with Crippen LogP contribution < -0.4 is 9.64 Å². The smallest absolute Gasteiger partial charge is 0.227 e. The predicted octanol–water partition coefficient (Wildman–Crippen LogP) is 2.72. The number of nitrogens with zero attached hydrogens (tertiary/aromatic N) is 2. The number of methoxy groups -OCH3 is 1. The van der Waals surface area contributed by atoms with Crippen molar-refractivity contribution >= 4 is 27.5 Å². The Morgan fingerprint density at radius 2 is 2.29 bits per heavy atom. The quantitative estimate of drug-likeness (QED) is 0.858. The summed E-state index contributed by atoms with van der Waals surface area (Å²) in [7, 11) is 3.27. The number of anilines is 1. The van der Waals surface area contributed by atoms with Gasteiger partial charge in [0, 0.05) is 25.6 Å². The molecule has 0 unspecified atom stereocenters. The molecule has 5 heteroatoms. The highest BCUT2D eigenvalue weighted by Gasteiger charge is 2.11. The van der Waals surface area contributed by atoms with E-state index in [1.807, 2.05) is 12.1 Å². The van der Waals surface area contributed by atoms with E-state index in [0.29, 0.717) is 5.75 Å². The SMILES string of the molecule is COc1ccc(N(C)C(=O)CCC#N)cc1Br. The van der Waals surface area contributed by atoms with Crippen molar-refractivity contribution in [1.29, 1.82) is 5.26 Å². The molecule has 0 aliphatic carbocycles. The van der Waals surface area contributed by atoms with Gasteiger partial charge in [-0.3, -0.25) is 4.79 Å². The van der Waals surface area contributed by atoms with Crippen LogP contribution >= 0.6 is 15.9 Å². The van der Waals surface area contributed by atoms with Crippen LogP contribution in [0.3, 0.4) is 0 Å². The first kappa shape index (κ1) is 13.5. The Labute approximate surface area is 109 Å². The fourth-order valence-electron chi connectivity index (χ4n) is 1.34. The van der Waals surface area contributed by atoms with Crippen LogP contribution in [0.25, 0.3) is 0 Å². The van der Waals surface area contributed by atoms with Gasteiger partial charge in [-0.1, -0.05) is 0 Å². The largest absolute Gasteiger partial charge is 0.496 e. The van der Waals surface area contributed by atoms with Gasteiger partial charge in [0.2, 0.25) is 5.91 Å². The van der Waals surface area contributed by atoms with Gasteiger partial charge in [0.05, 0.1) is 17.7 Å². The molecular formula is C12H13BrN2O2. The number of hydrogen-bond acceptors (Lipinski definition) is 3. The highest BCUT2D eigenvalue weighted by Crippen LogP contribution is 2.29. The maximum Gasteiger partial charge on any atom is 0.227 e. The third kappa shape index (κ3) is 3.46. The monoisotopic (exact) mass is 296 g/mol. The van der Waals surface area contributed by atoms with Crippen LogP contribution in [0.15, 0.2) is 22.7 Å². The van der Waals surface area contributed by atoms with E-state index >= 15 is 0 Å². The summed E-state index contributed by atoms with van der Waals surface area (Å²) in [6.07, 6.45) is 0.469. The van der Waals surface area contributed by atoms with E-state index in [0.717, 1.165) is 10.2 Å². The highest BCUT2D eigenvalue weighted by atomic mass is 79.9. The summed E-state index contributed by atoms with van der Waals surface area (Å²) in [5, 5.41) is 8.44. The van der Waals surface area contributed by atoms with Crippen molar-refractivity contribution in [3.63, 3.8) is 0 Å². The average molecular weight is 297 g/mol. The minimum absolute atomic E-state index is 0.0800. The topological polar surface area (TPSA) is 53.3 Å². The van der Waals surface area contributed by atoms with Crippen molar-refractivity contribution in [2.24, 2.45) is 0 Å². The first-order valence-electron chi connectivity index (χ1n) is 5.07. The summed E-state index contributed by atoms with van der Waals surface area (Å²) in [4.78, 5) is 13.2. The van der Waals surface area contributed by atoms with Gasteiger partial charge < -0.3 is 9.64 Å². The van der Waals surface area contributed by atoms with E-state index in [1.165, 1.54) is 4.90 Å². The van der Waals surface area contributed by atoms with Crippen LogP contribution in [-0.2, 0) is 4.79 Å². The number of ether oxygens (including phenoxy) is 1. The molecule has 1 rings (SSSR count). The van der Waals surface area contributed by atoms with Crippen molar-refractivity contribution in [3.8, 4) is 11.8 Å². The van der Waals surface area contributed by atoms with E-state index in [-0.39, 0.29) is 18.7 Å². The Kier molecular flexibility index (Phi) is 4.98. The molecule has 0 bridgehead atoms. The molecule has 1 aromatic carbocycles. The number of benzene rings is 1. The number of rotatable bonds is 4. The number of halogens is 1. The van der Waals surface area contributed by atoms with Crippen LogP contribution in [0.4, 0.5) is 5.69 Å². The Bertz CT molecular complexity index is 454. The molecule has 0 spiro atoms. The predicted molar refractivity (Wildman–Crippen MR) is 69.0 cm³/mol. The molecule has 0 aromatic heterocycles. The molecule has 1 amide bonds. The van der Waals surface area contributed by atoms with Gasteiger partial charge >= 0.3 is 0 Å². The van der Waals surface area contributed by atoms with E-state index < -0.39 is 0 Å². The molecule has 4 nitrogen and oxygen atoms in total. The summed E-state index contributed by atoms with van der Waals surface area (Å²) in [6.45, 7) is 0. The maximum atomic E-state index is 11.7. The number of hydrogen-bond donors (Lipinski definition) is 0. The summed E-state index contributed by atoms with van der Waals surface area (Å²) in [5.41, 5.74) is 0.764. The highest BCUT2D eigenvalue weighted by molar-refractivity contribution is 9.10. The summed E-state index contributed by atoms with van der Waals surface area (Å²) in [6, 6.07) is 7.35. The Hall–Kier alpha value is -1.54. The molecule has 0 aliphatic heterocycles. The van der Waals surface area contributed by atoms with Gasteiger partial charge in [-0.2, -0.15) is 5.26 Å². The molecule has 0 radical (unpaired) electrons. The van der Waals surface area contributed by atoms with Crippen LogP contribution in [0.5, 0.6) is 5.75 Å². The van der Waals surface area contributed by atoms with Gasteiger partial charge in [0.15, 0.2) is 0 Å². The third-order valence-electron chi connectivity index (χ3n) is 2.35. The van der Waals surface area contributed by atoms with Crippen molar-refractivity contribution in [2.45, 2.75) is 12.8 Å². The molecule has 1 aromatic rings. The molecule has 0 saturated heterocycles. The summed E-state index contributed by atoms with van der Waals surface area (Å²) in [5.74, 6) is 0.634. The number of nitriles is 1. The molecule has 17 heavy (non-hydrogen) atoms. The Balaban J connectivity index is 2.82. The second-order valence-electron chi connectivity index (χ2n) is 3.43. The molecule has 0 fully saturated rings. The minimum Gasteiger partial charge on any atom is -0.496 e. The lowest BCUT2D eigenvalue weighted by Gasteiger charge is -2.17. The second kappa shape index (κ2) is 6.26. The molecule has 0 aliphatic rings. The van der Waals surface area contributed by atoms with Gasteiger partial charge in [0.1, 0.15) is 5.75 Å². The fourth-order valence-corrected chi connectivity index (χ4v) is 1.87. The zero-order valence-corrected chi connectivity index (χ0v) is 11.3.